The van der Waals surface area contributed by atoms with Gasteiger partial charge in [0.2, 0.25) is 0 Å². The van der Waals surface area contributed by atoms with Crippen molar-refractivity contribution in [2.45, 2.75) is 20.0 Å². The fourth-order valence-corrected chi connectivity index (χ4v) is 1.91. The van der Waals surface area contributed by atoms with E-state index in [2.05, 4.69) is 0 Å². The van der Waals surface area contributed by atoms with E-state index in [1.807, 2.05) is 13.8 Å². The highest BCUT2D eigenvalue weighted by molar-refractivity contribution is 6.30. The van der Waals surface area contributed by atoms with Gasteiger partial charge in [-0.1, -0.05) is 25.4 Å². The molecule has 0 amide bonds. The molecule has 0 heterocycles. The van der Waals surface area contributed by atoms with Crippen molar-refractivity contribution in [3.05, 3.63) is 28.8 Å². The van der Waals surface area contributed by atoms with Crippen molar-refractivity contribution in [2.75, 3.05) is 13.7 Å². The lowest BCUT2D eigenvalue weighted by atomic mass is 9.98. The maximum Gasteiger partial charge on any atom is 0.329 e. The van der Waals surface area contributed by atoms with E-state index in [1.54, 1.807) is 25.3 Å². The Hall–Kier alpha value is -1.26. The number of methoxy groups -OCH3 is 1. The van der Waals surface area contributed by atoms with Crippen LogP contribution >= 0.6 is 11.6 Å². The summed E-state index contributed by atoms with van der Waals surface area (Å²) in [6.45, 7) is 3.55. The second-order valence-corrected chi connectivity index (χ2v) is 4.69. The Morgan fingerprint density at radius 2 is 2.11 bits per heavy atom. The number of halogens is 1. The number of rotatable bonds is 6. The molecule has 0 saturated carbocycles. The van der Waals surface area contributed by atoms with Gasteiger partial charge >= 0.3 is 5.97 Å². The average Bonchev–Trinajstić information content (AvgIpc) is 2.28. The predicted molar refractivity (Wildman–Crippen MR) is 69.2 cm³/mol. The zero-order valence-corrected chi connectivity index (χ0v) is 11.4. The Kier molecular flexibility index (Phi) is 5.44. The fraction of sp³-hybridized carbons (Fsp3) is 0.462. The summed E-state index contributed by atoms with van der Waals surface area (Å²) in [7, 11) is 1.56. The third kappa shape index (κ3) is 3.89. The molecule has 18 heavy (non-hydrogen) atoms. The van der Waals surface area contributed by atoms with Gasteiger partial charge in [0.05, 0.1) is 13.2 Å². The van der Waals surface area contributed by atoms with Crippen LogP contribution in [0.5, 0.6) is 5.75 Å². The molecule has 0 fully saturated rings. The molecule has 0 aliphatic carbocycles. The first-order valence-corrected chi connectivity index (χ1v) is 6.00. The molecule has 0 aromatic heterocycles. The molecular weight excluding hydrogens is 256 g/mol. The summed E-state index contributed by atoms with van der Waals surface area (Å²) in [5, 5.41) is 9.25. The van der Waals surface area contributed by atoms with Crippen molar-refractivity contribution in [1.82, 2.24) is 0 Å². The van der Waals surface area contributed by atoms with Crippen LogP contribution in [-0.2, 0) is 9.53 Å². The summed E-state index contributed by atoms with van der Waals surface area (Å²) >= 11 is 5.96. The lowest BCUT2D eigenvalue weighted by molar-refractivity contribution is -0.145. The van der Waals surface area contributed by atoms with Crippen molar-refractivity contribution >= 4 is 17.6 Å². The van der Waals surface area contributed by atoms with Crippen LogP contribution in [0.15, 0.2) is 18.2 Å². The third-order valence-corrected chi connectivity index (χ3v) is 2.73. The summed E-state index contributed by atoms with van der Waals surface area (Å²) in [6.07, 6.45) is -0.366. The van der Waals surface area contributed by atoms with Crippen LogP contribution in [0.2, 0.25) is 5.02 Å². The first-order chi connectivity index (χ1) is 8.45. The van der Waals surface area contributed by atoms with E-state index < -0.39 is 5.97 Å². The van der Waals surface area contributed by atoms with Crippen LogP contribution in [0.3, 0.4) is 0 Å². The first kappa shape index (κ1) is 14.8. The molecule has 1 N–H and O–H groups in total. The van der Waals surface area contributed by atoms with E-state index in [0.29, 0.717) is 10.8 Å². The van der Waals surface area contributed by atoms with Crippen molar-refractivity contribution in [2.24, 2.45) is 5.92 Å². The molecule has 0 bridgehead atoms. The largest absolute Gasteiger partial charge is 0.496 e. The van der Waals surface area contributed by atoms with Gasteiger partial charge in [-0.15, -0.1) is 0 Å². The molecule has 0 saturated heterocycles. The monoisotopic (exact) mass is 272 g/mol. The van der Waals surface area contributed by atoms with Crippen LogP contribution in [0.1, 0.15) is 25.5 Å². The molecule has 0 aliphatic rings. The average molecular weight is 273 g/mol. The first-order valence-electron chi connectivity index (χ1n) is 5.62. The number of aliphatic carboxylic acids is 1. The molecule has 0 spiro atoms. The Bertz CT molecular complexity index is 417. The highest BCUT2D eigenvalue weighted by Gasteiger charge is 2.21. The lowest BCUT2D eigenvalue weighted by Crippen LogP contribution is -2.17. The lowest BCUT2D eigenvalue weighted by Gasteiger charge is -2.23. The molecule has 5 heteroatoms. The Morgan fingerprint density at radius 3 is 2.61 bits per heavy atom. The van der Waals surface area contributed by atoms with Gasteiger partial charge in [-0.3, -0.25) is 0 Å². The van der Waals surface area contributed by atoms with Gasteiger partial charge in [0.1, 0.15) is 12.4 Å². The topological polar surface area (TPSA) is 55.8 Å². The van der Waals surface area contributed by atoms with Gasteiger partial charge in [0.25, 0.3) is 0 Å². The molecule has 1 rings (SSSR count). The molecular formula is C13H17ClO4. The quantitative estimate of drug-likeness (QED) is 0.864. The van der Waals surface area contributed by atoms with E-state index in [-0.39, 0.29) is 18.6 Å². The highest BCUT2D eigenvalue weighted by Crippen LogP contribution is 2.34. The summed E-state index contributed by atoms with van der Waals surface area (Å²) in [5.41, 5.74) is 0.765. The SMILES string of the molecule is COc1ccc(Cl)cc1C(OCC(=O)O)C(C)C. The Labute approximate surface area is 111 Å². The number of benzene rings is 1. The smallest absolute Gasteiger partial charge is 0.329 e. The van der Waals surface area contributed by atoms with Gasteiger partial charge in [-0.05, 0) is 24.1 Å². The van der Waals surface area contributed by atoms with Crippen LogP contribution in [0, 0.1) is 5.92 Å². The number of carboxylic acid groups (broad SMARTS) is 1. The summed E-state index contributed by atoms with van der Waals surface area (Å²) in [4.78, 5) is 10.6. The minimum atomic E-state index is -0.998. The van der Waals surface area contributed by atoms with Crippen LogP contribution in [0.25, 0.3) is 0 Å². The van der Waals surface area contributed by atoms with Crippen molar-refractivity contribution in [3.8, 4) is 5.75 Å². The van der Waals surface area contributed by atoms with Gasteiger partial charge in [0.15, 0.2) is 0 Å². The number of carbonyl (C=O) groups is 1. The van der Waals surface area contributed by atoms with E-state index in [0.717, 1.165) is 5.56 Å². The zero-order valence-electron chi connectivity index (χ0n) is 10.6. The number of carboxylic acids is 1. The van der Waals surface area contributed by atoms with Crippen molar-refractivity contribution in [1.29, 1.82) is 0 Å². The molecule has 4 nitrogen and oxygen atoms in total. The fourth-order valence-electron chi connectivity index (χ4n) is 1.73. The zero-order chi connectivity index (χ0) is 13.7. The van der Waals surface area contributed by atoms with Gasteiger partial charge < -0.3 is 14.6 Å². The minimum Gasteiger partial charge on any atom is -0.496 e. The van der Waals surface area contributed by atoms with Crippen molar-refractivity contribution in [3.63, 3.8) is 0 Å². The maximum atomic E-state index is 10.6. The predicted octanol–water partition coefficient (Wildman–Crippen LogP) is 3.15. The molecule has 0 radical (unpaired) electrons. The van der Waals surface area contributed by atoms with Crippen LogP contribution < -0.4 is 4.74 Å². The van der Waals surface area contributed by atoms with E-state index in [4.69, 9.17) is 26.2 Å². The number of hydrogen-bond donors (Lipinski definition) is 1. The Morgan fingerprint density at radius 1 is 1.44 bits per heavy atom. The van der Waals surface area contributed by atoms with E-state index >= 15 is 0 Å². The van der Waals surface area contributed by atoms with Crippen LogP contribution in [0.4, 0.5) is 0 Å². The van der Waals surface area contributed by atoms with Gasteiger partial charge in [-0.25, -0.2) is 4.79 Å². The van der Waals surface area contributed by atoms with E-state index in [1.165, 1.54) is 0 Å². The Balaban J connectivity index is 3.04. The highest BCUT2D eigenvalue weighted by atomic mass is 35.5. The summed E-state index contributed by atoms with van der Waals surface area (Å²) < 4.78 is 10.7. The normalized spacial score (nSPS) is 12.5. The van der Waals surface area contributed by atoms with Gasteiger partial charge in [-0.2, -0.15) is 0 Å². The molecule has 1 aromatic rings. The minimum absolute atomic E-state index is 0.108. The standard InChI is InChI=1S/C13H17ClO4/c1-8(2)13(18-7-12(15)16)10-6-9(14)4-5-11(10)17-3/h4-6,8,13H,7H2,1-3H3,(H,15,16). The molecule has 100 valence electrons. The maximum absolute atomic E-state index is 10.6. The van der Waals surface area contributed by atoms with E-state index in [9.17, 15) is 4.79 Å². The van der Waals surface area contributed by atoms with Crippen molar-refractivity contribution < 1.29 is 19.4 Å². The van der Waals surface area contributed by atoms with Crippen LogP contribution in [-0.4, -0.2) is 24.8 Å². The number of ether oxygens (including phenoxy) is 2. The second kappa shape index (κ2) is 6.61. The molecule has 1 atom stereocenters. The molecule has 1 unspecified atom stereocenters. The number of hydrogen-bond acceptors (Lipinski definition) is 3. The summed E-state index contributed by atoms with van der Waals surface area (Å²) in [5.74, 6) is -0.248. The third-order valence-electron chi connectivity index (χ3n) is 2.49. The summed E-state index contributed by atoms with van der Waals surface area (Å²) in [6, 6.07) is 5.21. The second-order valence-electron chi connectivity index (χ2n) is 4.26. The molecule has 0 aliphatic heterocycles. The van der Waals surface area contributed by atoms with Gasteiger partial charge in [0, 0.05) is 10.6 Å². The molecule has 1 aromatic carbocycles.